The Balaban J connectivity index is 1.87. The predicted octanol–water partition coefficient (Wildman–Crippen LogP) is 4.73. The van der Waals surface area contributed by atoms with Crippen LogP contribution in [0.5, 0.6) is 0 Å². The molecular formula is C16H20F3N. The summed E-state index contributed by atoms with van der Waals surface area (Å²) in [6.07, 6.45) is 3.34. The largest absolute Gasteiger partial charge is 0.382 e. The molecule has 0 radical (unpaired) electrons. The fourth-order valence-electron chi connectivity index (χ4n) is 4.26. The maximum absolute atomic E-state index is 13.3. The number of hydrogen-bond acceptors (Lipinski definition) is 1. The van der Waals surface area contributed by atoms with E-state index in [1.807, 2.05) is 0 Å². The van der Waals surface area contributed by atoms with Crippen molar-refractivity contribution in [3.05, 3.63) is 29.6 Å². The third-order valence-corrected chi connectivity index (χ3v) is 6.12. The van der Waals surface area contributed by atoms with Crippen LogP contribution in [0.25, 0.3) is 0 Å². The van der Waals surface area contributed by atoms with E-state index in [2.05, 4.69) is 26.1 Å². The van der Waals surface area contributed by atoms with Gasteiger partial charge in [-0.2, -0.15) is 0 Å². The van der Waals surface area contributed by atoms with Crippen molar-refractivity contribution >= 4 is 5.69 Å². The molecule has 2 fully saturated rings. The lowest BCUT2D eigenvalue weighted by molar-refractivity contribution is 0.142. The number of hydrogen-bond donors (Lipinski definition) is 1. The topological polar surface area (TPSA) is 12.0 Å². The van der Waals surface area contributed by atoms with Crippen LogP contribution in [0.15, 0.2) is 12.1 Å². The molecule has 2 saturated carbocycles. The van der Waals surface area contributed by atoms with E-state index < -0.39 is 17.5 Å². The van der Waals surface area contributed by atoms with Gasteiger partial charge in [-0.25, -0.2) is 13.2 Å². The molecule has 2 aliphatic carbocycles. The molecule has 0 aliphatic heterocycles. The summed E-state index contributed by atoms with van der Waals surface area (Å²) in [5.74, 6) is -3.05. The van der Waals surface area contributed by atoms with Crippen molar-refractivity contribution in [2.24, 2.45) is 16.7 Å². The molecule has 3 atom stereocenters. The molecule has 3 unspecified atom stereocenters. The SMILES string of the molecule is CC1(C)C2CCC1(C)C(Nc1cc(F)c(F)c(F)c1)C2. The zero-order valence-corrected chi connectivity index (χ0v) is 12.1. The van der Waals surface area contributed by atoms with Crippen molar-refractivity contribution in [3.8, 4) is 0 Å². The summed E-state index contributed by atoms with van der Waals surface area (Å²) in [6, 6.07) is 2.27. The number of halogens is 3. The lowest BCUT2D eigenvalue weighted by Gasteiger charge is -2.40. The summed E-state index contributed by atoms with van der Waals surface area (Å²) >= 11 is 0. The van der Waals surface area contributed by atoms with Crippen LogP contribution in [0.1, 0.15) is 40.0 Å². The zero-order chi connectivity index (χ0) is 14.7. The Morgan fingerprint density at radius 3 is 2.15 bits per heavy atom. The molecule has 0 amide bonds. The second-order valence-corrected chi connectivity index (χ2v) is 7.06. The molecule has 1 N–H and O–H groups in total. The molecule has 0 spiro atoms. The van der Waals surface area contributed by atoms with Gasteiger partial charge in [-0.05, 0) is 36.0 Å². The van der Waals surface area contributed by atoms with Crippen LogP contribution >= 0.6 is 0 Å². The van der Waals surface area contributed by atoms with E-state index in [0.29, 0.717) is 11.6 Å². The fraction of sp³-hybridized carbons (Fsp3) is 0.625. The molecule has 2 aliphatic rings. The van der Waals surface area contributed by atoms with E-state index >= 15 is 0 Å². The maximum atomic E-state index is 13.3. The van der Waals surface area contributed by atoms with Gasteiger partial charge in [0, 0.05) is 23.9 Å². The first-order valence-corrected chi connectivity index (χ1v) is 7.17. The Labute approximate surface area is 117 Å². The molecule has 3 rings (SSSR count). The highest BCUT2D eigenvalue weighted by Gasteiger charge is 2.61. The zero-order valence-electron chi connectivity index (χ0n) is 12.1. The predicted molar refractivity (Wildman–Crippen MR) is 73.0 cm³/mol. The van der Waals surface area contributed by atoms with Gasteiger partial charge in [-0.15, -0.1) is 0 Å². The van der Waals surface area contributed by atoms with E-state index in [1.165, 1.54) is 6.42 Å². The summed E-state index contributed by atoms with van der Waals surface area (Å²) in [7, 11) is 0. The highest BCUT2D eigenvalue weighted by atomic mass is 19.2. The minimum Gasteiger partial charge on any atom is -0.382 e. The smallest absolute Gasteiger partial charge is 0.194 e. The van der Waals surface area contributed by atoms with E-state index in [4.69, 9.17) is 0 Å². The van der Waals surface area contributed by atoms with Gasteiger partial charge in [0.05, 0.1) is 0 Å². The van der Waals surface area contributed by atoms with Crippen LogP contribution < -0.4 is 5.32 Å². The first-order chi connectivity index (χ1) is 9.25. The van der Waals surface area contributed by atoms with Crippen LogP contribution in [-0.4, -0.2) is 6.04 Å². The van der Waals surface area contributed by atoms with Crippen molar-refractivity contribution < 1.29 is 13.2 Å². The van der Waals surface area contributed by atoms with Crippen molar-refractivity contribution in [2.45, 2.75) is 46.1 Å². The lowest BCUT2D eigenvalue weighted by Crippen LogP contribution is -2.40. The monoisotopic (exact) mass is 283 g/mol. The van der Waals surface area contributed by atoms with Crippen LogP contribution in [-0.2, 0) is 0 Å². The third-order valence-electron chi connectivity index (χ3n) is 6.12. The van der Waals surface area contributed by atoms with Gasteiger partial charge in [0.2, 0.25) is 0 Å². The van der Waals surface area contributed by atoms with Crippen molar-refractivity contribution in [3.63, 3.8) is 0 Å². The Morgan fingerprint density at radius 2 is 1.70 bits per heavy atom. The van der Waals surface area contributed by atoms with Crippen molar-refractivity contribution in [1.82, 2.24) is 0 Å². The Morgan fingerprint density at radius 1 is 1.10 bits per heavy atom. The molecule has 1 nitrogen and oxygen atoms in total. The van der Waals surface area contributed by atoms with Gasteiger partial charge in [0.25, 0.3) is 0 Å². The van der Waals surface area contributed by atoms with E-state index in [0.717, 1.165) is 25.0 Å². The van der Waals surface area contributed by atoms with E-state index in [-0.39, 0.29) is 16.9 Å². The van der Waals surface area contributed by atoms with Crippen molar-refractivity contribution in [2.75, 3.05) is 5.32 Å². The molecule has 2 bridgehead atoms. The molecule has 0 aromatic heterocycles. The van der Waals surface area contributed by atoms with Gasteiger partial charge in [0.15, 0.2) is 17.5 Å². The molecule has 4 heteroatoms. The Hall–Kier alpha value is -1.19. The Kier molecular flexibility index (Phi) is 2.86. The van der Waals surface area contributed by atoms with Gasteiger partial charge >= 0.3 is 0 Å². The van der Waals surface area contributed by atoms with Crippen LogP contribution in [0.3, 0.4) is 0 Å². The van der Waals surface area contributed by atoms with Gasteiger partial charge in [0.1, 0.15) is 0 Å². The number of fused-ring (bicyclic) bond motifs is 2. The normalized spacial score (nSPS) is 34.5. The van der Waals surface area contributed by atoms with E-state index in [1.54, 1.807) is 0 Å². The average Bonchev–Trinajstić information content (AvgIpc) is 2.69. The third kappa shape index (κ3) is 1.69. The molecule has 0 heterocycles. The average molecular weight is 283 g/mol. The minimum absolute atomic E-state index is 0.110. The van der Waals surface area contributed by atoms with Crippen molar-refractivity contribution in [1.29, 1.82) is 0 Å². The second-order valence-electron chi connectivity index (χ2n) is 7.06. The van der Waals surface area contributed by atoms with E-state index in [9.17, 15) is 13.2 Å². The minimum atomic E-state index is -1.41. The van der Waals surface area contributed by atoms with Gasteiger partial charge in [-0.1, -0.05) is 20.8 Å². The molecular weight excluding hydrogens is 263 g/mol. The van der Waals surface area contributed by atoms with Crippen LogP contribution in [0, 0.1) is 34.2 Å². The van der Waals surface area contributed by atoms with Gasteiger partial charge in [-0.3, -0.25) is 0 Å². The van der Waals surface area contributed by atoms with Gasteiger partial charge < -0.3 is 5.32 Å². The number of rotatable bonds is 2. The first kappa shape index (κ1) is 13.8. The standard InChI is InChI=1S/C16H20F3N/c1-15(2)9-4-5-16(15,3)13(6-9)20-10-7-11(17)14(19)12(18)8-10/h7-9,13,20H,4-6H2,1-3H3. The summed E-state index contributed by atoms with van der Waals surface area (Å²) in [4.78, 5) is 0. The molecule has 1 aromatic rings. The highest BCUT2D eigenvalue weighted by Crippen LogP contribution is 2.65. The molecule has 0 saturated heterocycles. The molecule has 20 heavy (non-hydrogen) atoms. The number of nitrogens with one attached hydrogen (secondary N) is 1. The first-order valence-electron chi connectivity index (χ1n) is 7.17. The summed E-state index contributed by atoms with van der Waals surface area (Å²) in [6.45, 7) is 6.80. The summed E-state index contributed by atoms with van der Waals surface area (Å²) in [5, 5.41) is 3.23. The highest BCUT2D eigenvalue weighted by molar-refractivity contribution is 5.46. The molecule has 110 valence electrons. The summed E-state index contributed by atoms with van der Waals surface area (Å²) in [5.41, 5.74) is 0.664. The number of anilines is 1. The fourth-order valence-corrected chi connectivity index (χ4v) is 4.26. The Bertz CT molecular complexity index is 532. The molecule has 1 aromatic carbocycles. The second kappa shape index (κ2) is 4.15. The quantitative estimate of drug-likeness (QED) is 0.774. The van der Waals surface area contributed by atoms with Crippen LogP contribution in [0.4, 0.5) is 18.9 Å². The number of benzene rings is 1. The van der Waals surface area contributed by atoms with Crippen LogP contribution in [0.2, 0.25) is 0 Å². The lowest BCUT2D eigenvalue weighted by atomic mass is 9.69. The summed E-state index contributed by atoms with van der Waals surface area (Å²) < 4.78 is 39.6. The maximum Gasteiger partial charge on any atom is 0.194 e.